The van der Waals surface area contributed by atoms with E-state index in [2.05, 4.69) is 4.98 Å². The molecule has 7 nitrogen and oxygen atoms in total. The zero-order chi connectivity index (χ0) is 24.4. The van der Waals surface area contributed by atoms with Gasteiger partial charge in [0.05, 0.1) is 17.1 Å². The van der Waals surface area contributed by atoms with E-state index >= 15 is 0 Å². The van der Waals surface area contributed by atoms with Crippen LogP contribution in [0, 0.1) is 0 Å². The molecule has 1 aliphatic heterocycles. The van der Waals surface area contributed by atoms with E-state index in [1.54, 1.807) is 25.1 Å². The Bertz CT molecular complexity index is 1360. The average Bonchev–Trinajstić information content (AvgIpc) is 3.38. The molecule has 8 heteroatoms. The van der Waals surface area contributed by atoms with Crippen LogP contribution in [0.5, 0.6) is 5.75 Å². The van der Waals surface area contributed by atoms with Crippen molar-refractivity contribution >= 4 is 28.8 Å². The van der Waals surface area contributed by atoms with E-state index in [1.165, 1.54) is 16.2 Å². The summed E-state index contributed by atoms with van der Waals surface area (Å²) < 4.78 is 5.83. The van der Waals surface area contributed by atoms with Crippen LogP contribution in [-0.2, 0) is 16.1 Å². The summed E-state index contributed by atoms with van der Waals surface area (Å²) >= 11 is 1.51. The summed E-state index contributed by atoms with van der Waals surface area (Å²) in [6.07, 6.45) is 1.07. The smallest absolute Gasteiger partial charge is 0.268 e. The van der Waals surface area contributed by atoms with Crippen molar-refractivity contribution in [3.05, 3.63) is 83.9 Å². The quantitative estimate of drug-likeness (QED) is 0.398. The Morgan fingerprint density at radius 3 is 2.66 bits per heavy atom. The molecule has 5 rings (SSSR count). The van der Waals surface area contributed by atoms with Gasteiger partial charge in [-0.15, -0.1) is 11.3 Å². The number of fused-ring (bicyclic) bond motifs is 1. The third-order valence-electron chi connectivity index (χ3n) is 5.83. The summed E-state index contributed by atoms with van der Waals surface area (Å²) in [6, 6.07) is 21.1. The van der Waals surface area contributed by atoms with Crippen LogP contribution in [-0.4, -0.2) is 46.4 Å². The molecule has 0 radical (unpaired) electrons. The first kappa shape index (κ1) is 22.7. The molecule has 0 fully saturated rings. The normalized spacial score (nSPS) is 14.9. The molecule has 0 N–H and O–H groups in total. The van der Waals surface area contributed by atoms with Crippen LogP contribution < -0.4 is 9.64 Å². The van der Waals surface area contributed by atoms with E-state index in [0.717, 1.165) is 27.5 Å². The molecular formula is C27H24N4O3S. The molecule has 176 valence electrons. The molecule has 0 saturated heterocycles. The molecule has 0 aliphatic carbocycles. The summed E-state index contributed by atoms with van der Waals surface area (Å²) in [5.74, 6) is 0.168. The Morgan fingerprint density at radius 2 is 1.89 bits per heavy atom. The molecule has 0 saturated carbocycles. The van der Waals surface area contributed by atoms with Crippen LogP contribution >= 0.6 is 11.3 Å². The number of carbonyl (C=O) groups excluding carboxylic acids is 2. The first-order chi connectivity index (χ1) is 17.0. The van der Waals surface area contributed by atoms with Gasteiger partial charge in [0, 0.05) is 30.7 Å². The van der Waals surface area contributed by atoms with Gasteiger partial charge in [0.2, 0.25) is 5.91 Å². The van der Waals surface area contributed by atoms with Crippen molar-refractivity contribution in [2.24, 2.45) is 0 Å². The maximum atomic E-state index is 13.1. The first-order valence-electron chi connectivity index (χ1n) is 11.3. The minimum atomic E-state index is -0.671. The minimum Gasteiger partial charge on any atom is -0.479 e. The SMILES string of the molecule is CC1Oc2ccc(-c3csc(-c4ccccn4)n3)cc2N(CC(=O)N(C)Cc2ccccc2)C1=O. The molecule has 1 aliphatic rings. The summed E-state index contributed by atoms with van der Waals surface area (Å²) in [5, 5.41) is 2.78. The Kier molecular flexibility index (Phi) is 6.29. The van der Waals surface area contributed by atoms with Gasteiger partial charge in [0.15, 0.2) is 6.10 Å². The van der Waals surface area contributed by atoms with E-state index in [9.17, 15) is 9.59 Å². The zero-order valence-corrected chi connectivity index (χ0v) is 20.2. The topological polar surface area (TPSA) is 75.6 Å². The lowest BCUT2D eigenvalue weighted by molar-refractivity contribution is -0.132. The van der Waals surface area contributed by atoms with Gasteiger partial charge in [-0.3, -0.25) is 19.5 Å². The number of likely N-dealkylation sites (N-methyl/N-ethyl adjacent to an activating group) is 1. The van der Waals surface area contributed by atoms with Crippen LogP contribution in [0.25, 0.3) is 22.0 Å². The van der Waals surface area contributed by atoms with Crippen LogP contribution in [0.1, 0.15) is 12.5 Å². The number of hydrogen-bond donors (Lipinski definition) is 0. The number of pyridine rings is 1. The molecule has 2 aromatic carbocycles. The van der Waals surface area contributed by atoms with E-state index in [4.69, 9.17) is 9.72 Å². The molecule has 1 atom stereocenters. The van der Waals surface area contributed by atoms with E-state index < -0.39 is 6.10 Å². The molecule has 2 aromatic heterocycles. The second-order valence-corrected chi connectivity index (χ2v) is 9.21. The number of aromatic nitrogens is 2. The van der Waals surface area contributed by atoms with Crippen LogP contribution in [0.2, 0.25) is 0 Å². The maximum absolute atomic E-state index is 13.1. The van der Waals surface area contributed by atoms with Crippen molar-refractivity contribution in [3.8, 4) is 27.7 Å². The molecule has 0 spiro atoms. The fourth-order valence-electron chi connectivity index (χ4n) is 3.94. The number of nitrogens with zero attached hydrogens (tertiary/aromatic N) is 4. The highest BCUT2D eigenvalue weighted by Crippen LogP contribution is 2.38. The number of hydrogen-bond acceptors (Lipinski definition) is 6. The largest absolute Gasteiger partial charge is 0.479 e. The van der Waals surface area contributed by atoms with Crippen molar-refractivity contribution in [2.75, 3.05) is 18.5 Å². The van der Waals surface area contributed by atoms with E-state index in [0.29, 0.717) is 18.0 Å². The van der Waals surface area contributed by atoms with Crippen molar-refractivity contribution in [3.63, 3.8) is 0 Å². The van der Waals surface area contributed by atoms with E-state index in [-0.39, 0.29) is 18.4 Å². The zero-order valence-electron chi connectivity index (χ0n) is 19.4. The molecule has 3 heterocycles. The molecule has 4 aromatic rings. The van der Waals surface area contributed by atoms with Crippen molar-refractivity contribution in [2.45, 2.75) is 19.6 Å². The van der Waals surface area contributed by atoms with Crippen molar-refractivity contribution in [1.82, 2.24) is 14.9 Å². The van der Waals surface area contributed by atoms with Crippen LogP contribution in [0.4, 0.5) is 5.69 Å². The minimum absolute atomic E-state index is 0.0669. The number of amides is 2. The van der Waals surface area contributed by atoms with Gasteiger partial charge in [-0.05, 0) is 42.8 Å². The predicted molar refractivity (Wildman–Crippen MR) is 136 cm³/mol. The summed E-state index contributed by atoms with van der Waals surface area (Å²) in [6.45, 7) is 2.10. The standard InChI is InChI=1S/C27H24N4O3S/c1-18-27(33)31(16-25(32)30(2)15-19-8-4-3-5-9-19)23-14-20(11-12-24(23)34-18)22-17-35-26(29-22)21-10-6-7-13-28-21/h3-14,17-18H,15-16H2,1-2H3. The van der Waals surface area contributed by atoms with Crippen LogP contribution in [0.15, 0.2) is 78.3 Å². The number of benzene rings is 2. The fourth-order valence-corrected chi connectivity index (χ4v) is 4.75. The summed E-state index contributed by atoms with van der Waals surface area (Å²) in [5.41, 5.74) is 4.02. The second-order valence-electron chi connectivity index (χ2n) is 8.36. The van der Waals surface area contributed by atoms with Crippen molar-refractivity contribution in [1.29, 1.82) is 0 Å². The molecule has 1 unspecified atom stereocenters. The molecular weight excluding hydrogens is 460 g/mol. The average molecular weight is 485 g/mol. The lowest BCUT2D eigenvalue weighted by Gasteiger charge is -2.33. The summed E-state index contributed by atoms with van der Waals surface area (Å²) in [7, 11) is 1.75. The maximum Gasteiger partial charge on any atom is 0.268 e. The van der Waals surface area contributed by atoms with Gasteiger partial charge in [0.25, 0.3) is 5.91 Å². The van der Waals surface area contributed by atoms with Crippen molar-refractivity contribution < 1.29 is 14.3 Å². The molecule has 2 amide bonds. The number of carbonyl (C=O) groups is 2. The first-order valence-corrected chi connectivity index (χ1v) is 12.1. The van der Waals surface area contributed by atoms with Gasteiger partial charge in [0.1, 0.15) is 17.3 Å². The van der Waals surface area contributed by atoms with Crippen LogP contribution in [0.3, 0.4) is 0 Å². The Morgan fingerprint density at radius 1 is 1.09 bits per heavy atom. The lowest BCUT2D eigenvalue weighted by atomic mass is 10.1. The molecule has 35 heavy (non-hydrogen) atoms. The Balaban J connectivity index is 1.41. The lowest BCUT2D eigenvalue weighted by Crippen LogP contribution is -2.49. The highest BCUT2D eigenvalue weighted by atomic mass is 32.1. The third-order valence-corrected chi connectivity index (χ3v) is 6.70. The highest BCUT2D eigenvalue weighted by molar-refractivity contribution is 7.13. The third kappa shape index (κ3) is 4.79. The predicted octanol–water partition coefficient (Wildman–Crippen LogP) is 4.64. The van der Waals surface area contributed by atoms with Gasteiger partial charge in [-0.1, -0.05) is 36.4 Å². The number of rotatable bonds is 6. The van der Waals surface area contributed by atoms with Gasteiger partial charge in [-0.25, -0.2) is 4.98 Å². The number of anilines is 1. The number of ether oxygens (including phenoxy) is 1. The van der Waals surface area contributed by atoms with Gasteiger partial charge in [-0.2, -0.15) is 0 Å². The molecule has 0 bridgehead atoms. The van der Waals surface area contributed by atoms with Gasteiger partial charge < -0.3 is 9.64 Å². The Hall–Kier alpha value is -4.04. The summed E-state index contributed by atoms with van der Waals surface area (Å²) in [4.78, 5) is 38.4. The highest BCUT2D eigenvalue weighted by Gasteiger charge is 2.33. The van der Waals surface area contributed by atoms with E-state index in [1.807, 2.05) is 72.1 Å². The Labute approximate surface area is 207 Å². The fraction of sp³-hybridized carbons (Fsp3) is 0.185. The second kappa shape index (κ2) is 9.68. The number of thiazole rings is 1. The van der Waals surface area contributed by atoms with Gasteiger partial charge >= 0.3 is 0 Å². The monoisotopic (exact) mass is 484 g/mol.